The van der Waals surface area contributed by atoms with E-state index in [2.05, 4.69) is 33.3 Å². The summed E-state index contributed by atoms with van der Waals surface area (Å²) in [5.41, 5.74) is 3.36. The molecular weight excluding hydrogens is 344 g/mol. The lowest BCUT2D eigenvalue weighted by Crippen LogP contribution is -2.21. The molecule has 2 aromatic heterocycles. The van der Waals surface area contributed by atoms with Crippen molar-refractivity contribution in [1.29, 1.82) is 0 Å². The number of aryl methyl sites for hydroxylation is 1. The standard InChI is InChI=1S/C21H22N2O4/c1-4-14-18(22-20(25)17(19(14)24)21(26)27-3)12-5-6-15-13(9-12)10-16-11(2)7-8-23(15)16/h5-6,9-11H,4,7-8H2,1-3H3,(H2,22,24,25). The number of benzene rings is 1. The number of methoxy groups -OCH3 is 1. The Hall–Kier alpha value is -3.02. The zero-order valence-corrected chi connectivity index (χ0v) is 15.6. The molecule has 0 amide bonds. The third kappa shape index (κ3) is 2.55. The number of hydrogen-bond donors (Lipinski definition) is 2. The molecule has 27 heavy (non-hydrogen) atoms. The van der Waals surface area contributed by atoms with E-state index in [-0.39, 0.29) is 11.3 Å². The fraction of sp³-hybridized carbons (Fsp3) is 0.333. The first-order chi connectivity index (χ1) is 13.0. The van der Waals surface area contributed by atoms with E-state index in [1.54, 1.807) is 0 Å². The second kappa shape index (κ2) is 6.30. The van der Waals surface area contributed by atoms with Gasteiger partial charge in [0.15, 0.2) is 5.56 Å². The van der Waals surface area contributed by atoms with E-state index in [9.17, 15) is 14.7 Å². The number of carbonyl (C=O) groups is 1. The number of aromatic amines is 1. The van der Waals surface area contributed by atoms with Gasteiger partial charge in [0, 0.05) is 28.7 Å². The quantitative estimate of drug-likeness (QED) is 0.694. The molecule has 4 rings (SSSR count). The van der Waals surface area contributed by atoms with E-state index < -0.39 is 11.5 Å². The summed E-state index contributed by atoms with van der Waals surface area (Å²) in [6.45, 7) is 5.12. The summed E-state index contributed by atoms with van der Waals surface area (Å²) in [6, 6.07) is 8.22. The van der Waals surface area contributed by atoms with Crippen molar-refractivity contribution in [1.82, 2.24) is 9.55 Å². The van der Waals surface area contributed by atoms with Gasteiger partial charge in [-0.3, -0.25) is 4.79 Å². The third-order valence-electron chi connectivity index (χ3n) is 5.55. The van der Waals surface area contributed by atoms with Crippen molar-refractivity contribution in [2.45, 2.75) is 39.2 Å². The highest BCUT2D eigenvalue weighted by Gasteiger charge is 2.24. The Balaban J connectivity index is 1.91. The summed E-state index contributed by atoms with van der Waals surface area (Å²) in [6.07, 6.45) is 1.62. The normalized spacial score (nSPS) is 15.9. The minimum Gasteiger partial charge on any atom is -0.506 e. The first kappa shape index (κ1) is 17.4. The van der Waals surface area contributed by atoms with Crippen LogP contribution in [0.15, 0.2) is 29.1 Å². The molecule has 0 saturated heterocycles. The Morgan fingerprint density at radius 3 is 2.85 bits per heavy atom. The van der Waals surface area contributed by atoms with Crippen LogP contribution >= 0.6 is 0 Å². The molecule has 0 radical (unpaired) electrons. The molecule has 1 aromatic carbocycles. The number of aromatic nitrogens is 2. The van der Waals surface area contributed by atoms with Crippen LogP contribution in [0.4, 0.5) is 0 Å². The van der Waals surface area contributed by atoms with Gasteiger partial charge >= 0.3 is 5.97 Å². The maximum Gasteiger partial charge on any atom is 0.347 e. The molecule has 0 saturated carbocycles. The Kier molecular flexibility index (Phi) is 4.06. The van der Waals surface area contributed by atoms with E-state index in [0.717, 1.165) is 23.9 Å². The summed E-state index contributed by atoms with van der Waals surface area (Å²) in [5.74, 6) is -0.616. The van der Waals surface area contributed by atoms with Crippen LogP contribution in [0.5, 0.6) is 5.75 Å². The number of fused-ring (bicyclic) bond motifs is 3. The molecule has 1 aliphatic heterocycles. The van der Waals surface area contributed by atoms with Gasteiger partial charge in [0.25, 0.3) is 5.56 Å². The molecule has 3 aromatic rings. The summed E-state index contributed by atoms with van der Waals surface area (Å²) in [5, 5.41) is 11.6. The molecule has 0 fully saturated rings. The lowest BCUT2D eigenvalue weighted by molar-refractivity contribution is 0.0595. The van der Waals surface area contributed by atoms with E-state index in [1.807, 2.05) is 19.1 Å². The Bertz CT molecular complexity index is 1120. The van der Waals surface area contributed by atoms with Gasteiger partial charge in [0.2, 0.25) is 0 Å². The highest BCUT2D eigenvalue weighted by molar-refractivity contribution is 5.94. The largest absolute Gasteiger partial charge is 0.506 e. The SMILES string of the molecule is CCc1c(-c2ccc3c(c2)cc2n3CCC2C)[nH]c(=O)c(C(=O)OC)c1O. The van der Waals surface area contributed by atoms with Crippen molar-refractivity contribution < 1.29 is 14.6 Å². The van der Waals surface area contributed by atoms with Crippen LogP contribution in [-0.4, -0.2) is 27.7 Å². The van der Waals surface area contributed by atoms with Crippen LogP contribution in [0.25, 0.3) is 22.2 Å². The van der Waals surface area contributed by atoms with Gasteiger partial charge in [-0.15, -0.1) is 0 Å². The zero-order valence-electron chi connectivity index (χ0n) is 15.6. The molecule has 1 unspecified atom stereocenters. The monoisotopic (exact) mass is 366 g/mol. The molecular formula is C21H22N2O4. The van der Waals surface area contributed by atoms with Gasteiger partial charge in [-0.05, 0) is 42.5 Å². The number of nitrogens with zero attached hydrogens (tertiary/aromatic N) is 1. The number of esters is 1. The fourth-order valence-electron chi connectivity index (χ4n) is 4.09. The Labute approximate surface area is 156 Å². The molecule has 6 nitrogen and oxygen atoms in total. The lowest BCUT2D eigenvalue weighted by Gasteiger charge is -2.13. The molecule has 140 valence electrons. The van der Waals surface area contributed by atoms with Crippen LogP contribution in [0.3, 0.4) is 0 Å². The smallest absolute Gasteiger partial charge is 0.347 e. The van der Waals surface area contributed by atoms with E-state index >= 15 is 0 Å². The molecule has 2 N–H and O–H groups in total. The molecule has 3 heterocycles. The molecule has 1 aliphatic rings. The predicted octanol–water partition coefficient (Wildman–Crippen LogP) is 3.56. The number of ether oxygens (including phenoxy) is 1. The summed E-state index contributed by atoms with van der Waals surface area (Å²) in [4.78, 5) is 27.0. The van der Waals surface area contributed by atoms with Crippen LogP contribution < -0.4 is 5.56 Å². The maximum absolute atomic E-state index is 12.4. The number of rotatable bonds is 3. The van der Waals surface area contributed by atoms with Gasteiger partial charge in [0.05, 0.1) is 12.8 Å². The number of nitrogens with one attached hydrogen (secondary N) is 1. The third-order valence-corrected chi connectivity index (χ3v) is 5.55. The minimum absolute atomic E-state index is 0.309. The minimum atomic E-state index is -0.844. The summed E-state index contributed by atoms with van der Waals surface area (Å²) in [7, 11) is 1.18. The van der Waals surface area contributed by atoms with Crippen LogP contribution in [0.2, 0.25) is 0 Å². The van der Waals surface area contributed by atoms with Gasteiger partial charge in [0.1, 0.15) is 5.75 Å². The fourth-order valence-corrected chi connectivity index (χ4v) is 4.09. The predicted molar refractivity (Wildman–Crippen MR) is 103 cm³/mol. The van der Waals surface area contributed by atoms with Gasteiger partial charge in [-0.2, -0.15) is 0 Å². The molecule has 0 aliphatic carbocycles. The highest BCUT2D eigenvalue weighted by atomic mass is 16.5. The molecule has 6 heteroatoms. The van der Waals surface area contributed by atoms with Gasteiger partial charge in [-0.25, -0.2) is 4.79 Å². The van der Waals surface area contributed by atoms with Crippen molar-refractivity contribution in [3.8, 4) is 17.0 Å². The van der Waals surface area contributed by atoms with E-state index in [4.69, 9.17) is 0 Å². The number of hydrogen-bond acceptors (Lipinski definition) is 4. The first-order valence-corrected chi connectivity index (χ1v) is 9.16. The molecule has 0 spiro atoms. The van der Waals surface area contributed by atoms with Crippen molar-refractivity contribution >= 4 is 16.9 Å². The topological polar surface area (TPSA) is 84.3 Å². The second-order valence-electron chi connectivity index (χ2n) is 7.06. The lowest BCUT2D eigenvalue weighted by atomic mass is 9.99. The number of H-pyrrole nitrogens is 1. The number of pyridine rings is 1. The number of aromatic hydroxyl groups is 1. The van der Waals surface area contributed by atoms with E-state index in [0.29, 0.717) is 23.6 Å². The zero-order chi connectivity index (χ0) is 19.3. The summed E-state index contributed by atoms with van der Waals surface area (Å²) >= 11 is 0. The average molecular weight is 366 g/mol. The highest BCUT2D eigenvalue weighted by Crippen LogP contribution is 2.36. The van der Waals surface area contributed by atoms with Crippen LogP contribution in [0.1, 0.15) is 47.8 Å². The molecule has 1 atom stereocenters. The molecule has 0 bridgehead atoms. The van der Waals surface area contributed by atoms with Gasteiger partial charge in [-0.1, -0.05) is 19.9 Å². The number of carbonyl (C=O) groups excluding carboxylic acids is 1. The van der Waals surface area contributed by atoms with Crippen LogP contribution in [-0.2, 0) is 17.7 Å². The summed E-state index contributed by atoms with van der Waals surface area (Å²) < 4.78 is 6.96. The van der Waals surface area contributed by atoms with Crippen molar-refractivity contribution in [3.05, 3.63) is 51.4 Å². The van der Waals surface area contributed by atoms with Crippen molar-refractivity contribution in [2.24, 2.45) is 0 Å². The Morgan fingerprint density at radius 1 is 1.37 bits per heavy atom. The van der Waals surface area contributed by atoms with E-state index in [1.165, 1.54) is 18.3 Å². The average Bonchev–Trinajstić information content (AvgIpc) is 3.20. The second-order valence-corrected chi connectivity index (χ2v) is 7.06. The first-order valence-electron chi connectivity index (χ1n) is 9.16. The Morgan fingerprint density at radius 2 is 2.15 bits per heavy atom. The van der Waals surface area contributed by atoms with Crippen molar-refractivity contribution in [3.63, 3.8) is 0 Å². The van der Waals surface area contributed by atoms with Crippen LogP contribution in [0, 0.1) is 0 Å². The maximum atomic E-state index is 12.4. The van der Waals surface area contributed by atoms with Gasteiger partial charge < -0.3 is 19.4 Å². The van der Waals surface area contributed by atoms with Crippen molar-refractivity contribution in [2.75, 3.05) is 7.11 Å².